The third-order valence-corrected chi connectivity index (χ3v) is 17.2. The van der Waals surface area contributed by atoms with E-state index in [9.17, 15) is 31.9 Å². The molecule has 13 aromatic rings. The molecule has 0 saturated heterocycles. The number of carbonyl (C=O) groups is 1. The Bertz CT molecular complexity index is 5030. The van der Waals surface area contributed by atoms with Crippen molar-refractivity contribution in [2.75, 3.05) is 11.1 Å². The molecule has 4 saturated carbocycles. The van der Waals surface area contributed by atoms with E-state index in [1.165, 1.54) is 53.9 Å². The molecule has 0 spiro atoms. The first kappa shape index (κ1) is 61.5. The van der Waals surface area contributed by atoms with Crippen LogP contribution in [0.5, 0.6) is 0 Å². The number of carbonyl (C=O) groups excluding carboxylic acids is 1. The summed E-state index contributed by atoms with van der Waals surface area (Å²) in [4.78, 5) is 43.5. The number of hydrogen-bond donors (Lipinski definition) is 3. The van der Waals surface area contributed by atoms with Crippen molar-refractivity contribution < 1.29 is 45.4 Å². The minimum absolute atomic E-state index is 0.0147. The Labute approximate surface area is 540 Å². The molecule has 1 amide bonds. The number of hydrogen-bond acceptors (Lipinski definition) is 20. The van der Waals surface area contributed by atoms with Gasteiger partial charge in [-0.1, -0.05) is 64.0 Å². The van der Waals surface area contributed by atoms with Gasteiger partial charge in [-0.3, -0.25) is 18.8 Å². The van der Waals surface area contributed by atoms with Crippen molar-refractivity contribution in [3.8, 4) is 74.8 Å². The molecule has 4 fully saturated rings. The summed E-state index contributed by atoms with van der Waals surface area (Å²) in [6.07, 6.45) is 14.5. The molecule has 4 N–H and O–H groups in total. The number of nitrogens with one attached hydrogen (secondary N) is 1. The lowest BCUT2D eigenvalue weighted by molar-refractivity contribution is -0.174. The third kappa shape index (κ3) is 12.4. The summed E-state index contributed by atoms with van der Waals surface area (Å²) in [5, 5.41) is 48.2. The van der Waals surface area contributed by atoms with Crippen LogP contribution in [0.1, 0.15) is 60.9 Å². The summed E-state index contributed by atoms with van der Waals surface area (Å²) in [6.45, 7) is 0.299. The molecule has 0 aliphatic heterocycles. The van der Waals surface area contributed by atoms with Crippen molar-refractivity contribution in [1.82, 2.24) is 84.3 Å². The van der Waals surface area contributed by atoms with Crippen LogP contribution in [0.25, 0.3) is 79.9 Å². The van der Waals surface area contributed by atoms with Crippen molar-refractivity contribution in [2.45, 2.75) is 70.2 Å². The fraction of sp³-hybridized carbons (Fsp3) is 0.227. The monoisotopic (exact) mass is 1300 g/mol. The van der Waals surface area contributed by atoms with E-state index in [-0.39, 0.29) is 78.0 Å². The van der Waals surface area contributed by atoms with Gasteiger partial charge in [0, 0.05) is 41.9 Å². The van der Waals surface area contributed by atoms with Gasteiger partial charge in [-0.25, -0.2) is 56.8 Å². The van der Waals surface area contributed by atoms with E-state index in [1.807, 2.05) is 23.8 Å². The normalized spacial score (nSPS) is 17.6. The SMILES string of the molecule is Cn1cnc2nc(-c3cc(-c4ccon4)n(Cc4ccccc4F)n3)ncc21.N#CCc1nc(-c2cc(-c3ccon3)n(Cc3ccccc3F)n2)ncc1F.Nc1nc(-c2cc(-c3ccon3)n(Cc3cccc(F)c3F)n2)ncc1NC(=O)C12CC3CC(CC(O)(C3)C1)C2. The van der Waals surface area contributed by atoms with Crippen LogP contribution in [0, 0.1) is 57.7 Å². The van der Waals surface area contributed by atoms with Gasteiger partial charge in [0.2, 0.25) is 5.91 Å². The number of nitrogen functional groups attached to an aromatic ring is 1. The minimum Gasteiger partial charge on any atom is -0.390 e. The molecule has 10 heterocycles. The maximum atomic E-state index is 14.4. The number of fused-ring (bicyclic) bond motifs is 1. The largest absolute Gasteiger partial charge is 0.390 e. The number of halogens is 5. The number of aliphatic hydroxyl groups is 1. The Balaban J connectivity index is 0.000000127. The topological polar surface area (TPSA) is 326 Å². The van der Waals surface area contributed by atoms with E-state index in [4.69, 9.17) is 24.6 Å². The second kappa shape index (κ2) is 25.5. The summed E-state index contributed by atoms with van der Waals surface area (Å²) in [5.74, 6) is -1.82. The molecule has 30 heteroatoms. The van der Waals surface area contributed by atoms with Crippen molar-refractivity contribution in [2.24, 2.45) is 24.3 Å². The lowest BCUT2D eigenvalue weighted by atomic mass is 9.47. The zero-order valence-corrected chi connectivity index (χ0v) is 50.7. The van der Waals surface area contributed by atoms with Crippen molar-refractivity contribution >= 4 is 28.6 Å². The molecule has 4 aliphatic rings. The standard InChI is InChI=1S/C28H27F2N7O3.C19H12F2N6O.C19H14FN7O/c29-18-3-1-2-17(23(18)30)13-37-22(19-4-5-40-36-19)7-20(35-37)25-32-12-21(24(31)34-25)33-26(38)27-8-15-6-16(9-27)11-28(39,10-15)14-27;20-13-4-2-1-3-12(13)11-27-18(16-6-8-28-26-16)9-17(25-27)19-23-10-14(21)15(24-19)5-7-22;1-26-11-22-19-17(26)9-21-18(23-19)15-8-16(14-6-7-28-25-14)27(24-15)10-12-4-2-3-5-13(12)20/h1-5,7,12,15-16,39H,6,8-11,13-14H2,(H,33,38)(H2,31,32,34);1-4,6,8-10H,5,11H2;2-9,11H,10H2,1H3. The molecule has 25 nitrogen and oxygen atoms in total. The zero-order valence-electron chi connectivity index (χ0n) is 50.7. The Morgan fingerprint density at radius 3 is 1.64 bits per heavy atom. The van der Waals surface area contributed by atoms with Gasteiger partial charge in [0.05, 0.1) is 90.8 Å². The van der Waals surface area contributed by atoms with E-state index >= 15 is 0 Å². The highest BCUT2D eigenvalue weighted by Gasteiger charge is 2.60. The van der Waals surface area contributed by atoms with E-state index in [0.717, 1.165) is 49.9 Å². The van der Waals surface area contributed by atoms with E-state index in [1.54, 1.807) is 88.6 Å². The Kier molecular flexibility index (Phi) is 16.3. The first-order valence-electron chi connectivity index (χ1n) is 30.1. The Hall–Kier alpha value is -12.0. The van der Waals surface area contributed by atoms with Crippen LogP contribution >= 0.6 is 0 Å². The number of imidazole rings is 1. The highest BCUT2D eigenvalue weighted by atomic mass is 19.2. The van der Waals surface area contributed by atoms with Crippen LogP contribution < -0.4 is 11.1 Å². The highest BCUT2D eigenvalue weighted by Crippen LogP contribution is 2.62. The van der Waals surface area contributed by atoms with Crippen LogP contribution in [-0.4, -0.2) is 101 Å². The number of aromatic nitrogens is 17. The summed E-state index contributed by atoms with van der Waals surface area (Å²) < 4.78 is 91.5. The predicted molar refractivity (Wildman–Crippen MR) is 331 cm³/mol. The Morgan fingerprint density at radius 1 is 0.615 bits per heavy atom. The summed E-state index contributed by atoms with van der Waals surface area (Å²) >= 11 is 0. The van der Waals surface area contributed by atoms with Gasteiger partial charge in [0.25, 0.3) is 0 Å². The van der Waals surface area contributed by atoms with Crippen LogP contribution in [0.3, 0.4) is 0 Å². The lowest BCUT2D eigenvalue weighted by Gasteiger charge is -2.59. The second-order valence-electron chi connectivity index (χ2n) is 23.8. The number of nitrogens with two attached hydrogens (primary N) is 1. The number of rotatable bonds is 15. The molecule has 2 atom stereocenters. The van der Waals surface area contributed by atoms with Gasteiger partial charge in [-0.05, 0) is 86.8 Å². The van der Waals surface area contributed by atoms with Crippen molar-refractivity contribution in [3.05, 3.63) is 198 Å². The maximum Gasteiger partial charge on any atom is 0.230 e. The van der Waals surface area contributed by atoms with E-state index < -0.39 is 28.5 Å². The molecular weight excluding hydrogens is 1250 g/mol. The lowest BCUT2D eigenvalue weighted by Crippen LogP contribution is -2.59. The number of amides is 1. The van der Waals surface area contributed by atoms with E-state index in [2.05, 4.69) is 71.0 Å². The highest BCUT2D eigenvalue weighted by molar-refractivity contribution is 5.97. The summed E-state index contributed by atoms with van der Waals surface area (Å²) in [7, 11) is 1.88. The number of aryl methyl sites for hydroxylation is 1. The molecule has 96 heavy (non-hydrogen) atoms. The number of benzene rings is 3. The second-order valence-corrected chi connectivity index (χ2v) is 23.8. The van der Waals surface area contributed by atoms with Crippen LogP contribution in [0.2, 0.25) is 0 Å². The van der Waals surface area contributed by atoms with Gasteiger partial charge in [-0.2, -0.15) is 20.6 Å². The molecule has 0 radical (unpaired) electrons. The number of nitrogens with zero attached hydrogens (tertiary/aromatic N) is 18. The molecule has 4 aliphatic carbocycles. The van der Waals surface area contributed by atoms with Gasteiger partial charge in [-0.15, -0.1) is 0 Å². The first-order valence-corrected chi connectivity index (χ1v) is 30.1. The molecular formula is C66H53F5N20O5. The molecule has 3 aromatic carbocycles. The average Bonchev–Trinajstić information content (AvgIpc) is 1.01. The minimum atomic E-state index is -0.961. The molecule has 17 rings (SSSR count). The van der Waals surface area contributed by atoms with E-state index in [0.29, 0.717) is 92.1 Å². The van der Waals surface area contributed by atoms with Crippen molar-refractivity contribution in [3.63, 3.8) is 0 Å². The van der Waals surface area contributed by atoms with Crippen LogP contribution in [0.4, 0.5) is 33.5 Å². The van der Waals surface area contributed by atoms with Gasteiger partial charge in [0.1, 0.15) is 75.8 Å². The first-order chi connectivity index (χ1) is 46.5. The van der Waals surface area contributed by atoms with Gasteiger partial charge >= 0.3 is 0 Å². The fourth-order valence-electron chi connectivity index (χ4n) is 13.1. The molecule has 482 valence electrons. The predicted octanol–water partition coefficient (Wildman–Crippen LogP) is 10.6. The number of anilines is 2. The molecule has 10 aromatic heterocycles. The average molecular weight is 1300 g/mol. The summed E-state index contributed by atoms with van der Waals surface area (Å²) in [6, 6.07) is 28.9. The quantitative estimate of drug-likeness (QED) is 0.0803. The fourth-order valence-corrected chi connectivity index (χ4v) is 13.1. The molecule has 4 bridgehead atoms. The third-order valence-electron chi connectivity index (χ3n) is 17.2. The smallest absolute Gasteiger partial charge is 0.230 e. The van der Waals surface area contributed by atoms with Gasteiger partial charge < -0.3 is 34.3 Å². The number of nitriles is 1. The van der Waals surface area contributed by atoms with Gasteiger partial charge in [0.15, 0.2) is 46.4 Å². The zero-order chi connectivity index (χ0) is 66.2. The summed E-state index contributed by atoms with van der Waals surface area (Å²) in [5.41, 5.74) is 12.1. The Morgan fingerprint density at radius 2 is 1.11 bits per heavy atom. The maximum absolute atomic E-state index is 14.4. The van der Waals surface area contributed by atoms with Crippen LogP contribution in [0.15, 0.2) is 160 Å². The van der Waals surface area contributed by atoms with Crippen molar-refractivity contribution in [1.29, 1.82) is 5.26 Å². The molecule has 2 unspecified atom stereocenters. The van der Waals surface area contributed by atoms with Crippen LogP contribution in [-0.2, 0) is 37.9 Å².